The smallest absolute Gasteiger partial charge is 0.308 e. The maximum absolute atomic E-state index is 10.9. The predicted molar refractivity (Wildman–Crippen MR) is 46.9 cm³/mol. The molecule has 0 aromatic carbocycles. The molecule has 1 heterocycles. The number of carboxylic acids is 1. The minimum atomic E-state index is -0.849. The van der Waals surface area contributed by atoms with Gasteiger partial charge in [0.15, 0.2) is 0 Å². The molecule has 0 amide bonds. The first-order valence-electron chi connectivity index (χ1n) is 4.28. The number of hydrogen-bond acceptors (Lipinski definition) is 3. The van der Waals surface area contributed by atoms with E-state index in [9.17, 15) is 9.70 Å². The zero-order valence-electron chi connectivity index (χ0n) is 7.86. The van der Waals surface area contributed by atoms with Crippen molar-refractivity contribution >= 4 is 5.97 Å². The van der Waals surface area contributed by atoms with Gasteiger partial charge in [0.1, 0.15) is 0 Å². The summed E-state index contributed by atoms with van der Waals surface area (Å²) in [4.78, 5) is 21.1. The normalized spacial score (nSPS) is 26.9. The fourth-order valence-electron chi connectivity index (χ4n) is 1.63. The lowest BCUT2D eigenvalue weighted by atomic mass is 9.74. The second-order valence-electron chi connectivity index (χ2n) is 4.12. The topological polar surface area (TPSA) is 70.0 Å². The molecule has 1 N–H and O–H groups in total. The Balaban J connectivity index is 2.74. The van der Waals surface area contributed by atoms with E-state index in [4.69, 9.17) is 5.11 Å². The Morgan fingerprint density at radius 3 is 2.69 bits per heavy atom. The number of nitrogens with zero attached hydrogens (tertiary/aromatic N) is 2. The van der Waals surface area contributed by atoms with Crippen LogP contribution in [0.1, 0.15) is 20.3 Å². The van der Waals surface area contributed by atoms with Crippen LogP contribution in [-0.2, 0) is 4.79 Å². The molecule has 1 unspecified atom stereocenters. The molecule has 0 bridgehead atoms. The lowest BCUT2D eigenvalue weighted by molar-refractivity contribution is -0.149. The van der Waals surface area contributed by atoms with Gasteiger partial charge in [-0.3, -0.25) is 9.80 Å². The first-order valence-corrected chi connectivity index (χ1v) is 4.28. The number of nitroso groups, excluding NO2 is 1. The molecule has 0 radical (unpaired) electrons. The van der Waals surface area contributed by atoms with E-state index in [1.807, 2.05) is 13.8 Å². The second kappa shape index (κ2) is 3.32. The van der Waals surface area contributed by atoms with E-state index in [-0.39, 0.29) is 12.0 Å². The van der Waals surface area contributed by atoms with Gasteiger partial charge < -0.3 is 5.11 Å². The molecule has 0 aliphatic carbocycles. The molecule has 1 saturated heterocycles. The summed E-state index contributed by atoms with van der Waals surface area (Å²) < 4.78 is 0. The summed E-state index contributed by atoms with van der Waals surface area (Å²) in [7, 11) is 0. The highest BCUT2D eigenvalue weighted by Crippen LogP contribution is 2.35. The summed E-state index contributed by atoms with van der Waals surface area (Å²) in [6, 6.07) is 0. The van der Waals surface area contributed by atoms with E-state index in [1.165, 1.54) is 5.01 Å². The Labute approximate surface area is 76.7 Å². The Morgan fingerprint density at radius 1 is 1.62 bits per heavy atom. The third kappa shape index (κ3) is 1.96. The molecule has 13 heavy (non-hydrogen) atoms. The van der Waals surface area contributed by atoms with Crippen molar-refractivity contribution in [2.24, 2.45) is 16.6 Å². The first kappa shape index (κ1) is 9.95. The van der Waals surface area contributed by atoms with Crippen LogP contribution in [0.25, 0.3) is 0 Å². The minimum Gasteiger partial charge on any atom is -0.481 e. The molecule has 1 fully saturated rings. The Hall–Kier alpha value is -1.13. The molecule has 74 valence electrons. The van der Waals surface area contributed by atoms with Crippen LogP contribution >= 0.6 is 0 Å². The predicted octanol–water partition coefficient (Wildman–Crippen LogP) is 1.10. The Bertz CT molecular complexity index is 227. The average Bonchev–Trinajstić information content (AvgIpc) is 2.03. The fourth-order valence-corrected chi connectivity index (χ4v) is 1.63. The molecular formula is C8H14N2O3. The van der Waals surface area contributed by atoms with E-state index >= 15 is 0 Å². The van der Waals surface area contributed by atoms with Gasteiger partial charge in [-0.15, -0.1) is 4.91 Å². The van der Waals surface area contributed by atoms with E-state index in [1.54, 1.807) is 0 Å². The summed E-state index contributed by atoms with van der Waals surface area (Å²) in [5.74, 6) is -1.35. The Kier molecular flexibility index (Phi) is 2.54. The zero-order valence-corrected chi connectivity index (χ0v) is 7.86. The van der Waals surface area contributed by atoms with Crippen molar-refractivity contribution < 1.29 is 9.90 Å². The summed E-state index contributed by atoms with van der Waals surface area (Å²) in [5, 5.41) is 13.0. The molecule has 1 aliphatic heterocycles. The van der Waals surface area contributed by atoms with Crippen molar-refractivity contribution in [2.75, 3.05) is 13.1 Å². The minimum absolute atomic E-state index is 0.228. The fraction of sp³-hybridized carbons (Fsp3) is 0.875. The van der Waals surface area contributed by atoms with E-state index in [2.05, 4.69) is 5.29 Å². The van der Waals surface area contributed by atoms with Crippen molar-refractivity contribution in [1.82, 2.24) is 5.01 Å². The van der Waals surface area contributed by atoms with Crippen LogP contribution < -0.4 is 0 Å². The van der Waals surface area contributed by atoms with E-state index < -0.39 is 11.9 Å². The highest BCUT2D eigenvalue weighted by molar-refractivity contribution is 5.71. The van der Waals surface area contributed by atoms with Crippen LogP contribution in [-0.4, -0.2) is 29.2 Å². The monoisotopic (exact) mass is 186 g/mol. The van der Waals surface area contributed by atoms with Crippen LogP contribution in [0.2, 0.25) is 0 Å². The molecule has 1 atom stereocenters. The standard InChI is InChI=1S/C8H14N2O3/c1-8(2)3-4-10(9-13)5-6(8)7(11)12/h6H,3-5H2,1-2H3,(H,11,12). The van der Waals surface area contributed by atoms with Crippen molar-refractivity contribution in [3.8, 4) is 0 Å². The van der Waals surface area contributed by atoms with Gasteiger partial charge in [-0.1, -0.05) is 13.8 Å². The van der Waals surface area contributed by atoms with Gasteiger partial charge in [0.05, 0.1) is 17.7 Å². The van der Waals surface area contributed by atoms with Gasteiger partial charge in [-0.25, -0.2) is 0 Å². The molecule has 0 spiro atoms. The Morgan fingerprint density at radius 2 is 2.23 bits per heavy atom. The summed E-state index contributed by atoms with van der Waals surface area (Å²) in [5.41, 5.74) is -0.243. The van der Waals surface area contributed by atoms with Gasteiger partial charge in [-0.05, 0) is 11.8 Å². The number of aliphatic carboxylic acids is 1. The summed E-state index contributed by atoms with van der Waals surface area (Å²) in [6.07, 6.45) is 0.690. The molecule has 5 nitrogen and oxygen atoms in total. The first-order chi connectivity index (χ1) is 5.97. The highest BCUT2D eigenvalue weighted by atomic mass is 16.4. The quantitative estimate of drug-likeness (QED) is 0.655. The average molecular weight is 186 g/mol. The number of rotatable bonds is 2. The van der Waals surface area contributed by atoms with Crippen molar-refractivity contribution in [3.63, 3.8) is 0 Å². The van der Waals surface area contributed by atoms with E-state index in [0.717, 1.165) is 0 Å². The zero-order chi connectivity index (χ0) is 10.1. The number of piperidine rings is 1. The summed E-state index contributed by atoms with van der Waals surface area (Å²) >= 11 is 0. The van der Waals surface area contributed by atoms with E-state index in [0.29, 0.717) is 13.0 Å². The van der Waals surface area contributed by atoms with Crippen molar-refractivity contribution in [2.45, 2.75) is 20.3 Å². The lowest BCUT2D eigenvalue weighted by Crippen LogP contribution is -2.45. The van der Waals surface area contributed by atoms with Crippen LogP contribution in [0, 0.1) is 16.2 Å². The maximum atomic E-state index is 10.9. The van der Waals surface area contributed by atoms with Gasteiger partial charge in [0, 0.05) is 6.54 Å². The van der Waals surface area contributed by atoms with Crippen LogP contribution in [0.3, 0.4) is 0 Å². The molecule has 0 aromatic rings. The summed E-state index contributed by atoms with van der Waals surface area (Å²) in [6.45, 7) is 4.61. The van der Waals surface area contributed by atoms with Gasteiger partial charge >= 0.3 is 5.97 Å². The van der Waals surface area contributed by atoms with Crippen LogP contribution in [0.15, 0.2) is 5.29 Å². The molecule has 0 saturated carbocycles. The third-order valence-corrected chi connectivity index (χ3v) is 2.76. The van der Waals surface area contributed by atoms with Crippen LogP contribution in [0.4, 0.5) is 0 Å². The molecule has 1 aliphatic rings. The SMILES string of the molecule is CC1(C)CCN(N=O)CC1C(=O)O. The van der Waals surface area contributed by atoms with Crippen molar-refractivity contribution in [3.05, 3.63) is 4.91 Å². The number of carbonyl (C=O) groups is 1. The van der Waals surface area contributed by atoms with Crippen LogP contribution in [0.5, 0.6) is 0 Å². The molecule has 1 rings (SSSR count). The largest absolute Gasteiger partial charge is 0.481 e. The third-order valence-electron chi connectivity index (χ3n) is 2.76. The van der Waals surface area contributed by atoms with Gasteiger partial charge in [0.2, 0.25) is 0 Å². The number of hydrogen-bond donors (Lipinski definition) is 1. The molecule has 5 heteroatoms. The highest BCUT2D eigenvalue weighted by Gasteiger charge is 2.40. The van der Waals surface area contributed by atoms with Gasteiger partial charge in [0.25, 0.3) is 0 Å². The second-order valence-corrected chi connectivity index (χ2v) is 4.12. The van der Waals surface area contributed by atoms with Crippen molar-refractivity contribution in [1.29, 1.82) is 0 Å². The number of carboxylic acid groups (broad SMARTS) is 1. The van der Waals surface area contributed by atoms with Gasteiger partial charge in [-0.2, -0.15) is 0 Å². The lowest BCUT2D eigenvalue weighted by Gasteiger charge is -2.39. The molecular weight excluding hydrogens is 172 g/mol. The maximum Gasteiger partial charge on any atom is 0.308 e. The molecule has 0 aromatic heterocycles.